The van der Waals surface area contributed by atoms with Gasteiger partial charge in [0.15, 0.2) is 0 Å². The Kier molecular flexibility index (Phi) is 5.79. The number of hydrogen-bond acceptors (Lipinski definition) is 4. The highest BCUT2D eigenvalue weighted by atomic mass is 35.5. The van der Waals surface area contributed by atoms with Crippen LogP contribution in [-0.4, -0.2) is 49.7 Å². The Hall–Kier alpha value is -2.45. The lowest BCUT2D eigenvalue weighted by Crippen LogP contribution is -2.50. The van der Waals surface area contributed by atoms with Crippen molar-refractivity contribution in [3.8, 4) is 0 Å². The maximum absolute atomic E-state index is 13.1. The maximum Gasteiger partial charge on any atom is 0.253 e. The van der Waals surface area contributed by atoms with Gasteiger partial charge in [-0.3, -0.25) is 4.79 Å². The number of hydrogen-bond donors (Lipinski definition) is 1. The number of carbonyl (C=O) groups is 1. The molecule has 0 aliphatic carbocycles. The van der Waals surface area contributed by atoms with Gasteiger partial charge < -0.3 is 10.6 Å². The second-order valence-corrected chi connectivity index (χ2v) is 9.63. The zero-order chi connectivity index (χ0) is 21.3. The summed E-state index contributed by atoms with van der Waals surface area (Å²) in [5, 5.41) is 2.31. The number of rotatable bonds is 4. The van der Waals surface area contributed by atoms with Crippen molar-refractivity contribution in [1.82, 2.24) is 9.21 Å². The third-order valence-electron chi connectivity index (χ3n) is 5.35. The van der Waals surface area contributed by atoms with Crippen LogP contribution in [0.3, 0.4) is 0 Å². The summed E-state index contributed by atoms with van der Waals surface area (Å²) in [6.45, 7) is 1.56. The Labute approximate surface area is 180 Å². The summed E-state index contributed by atoms with van der Waals surface area (Å²) in [6.07, 6.45) is 0. The first-order valence-corrected chi connectivity index (χ1v) is 11.5. The van der Waals surface area contributed by atoms with Gasteiger partial charge in [0.05, 0.1) is 4.90 Å². The number of fused-ring (bicyclic) bond motifs is 1. The molecule has 1 aliphatic heterocycles. The molecule has 30 heavy (non-hydrogen) atoms. The van der Waals surface area contributed by atoms with Crippen molar-refractivity contribution in [2.75, 3.05) is 26.2 Å². The monoisotopic (exact) mass is 443 g/mol. The van der Waals surface area contributed by atoms with E-state index in [1.54, 1.807) is 47.4 Å². The van der Waals surface area contributed by atoms with E-state index in [-0.39, 0.29) is 23.9 Å². The molecule has 0 unspecified atom stereocenters. The number of carbonyl (C=O) groups excluding carboxylic acids is 1. The molecule has 0 bridgehead atoms. The highest BCUT2D eigenvalue weighted by Crippen LogP contribution is 2.25. The molecule has 0 aromatic heterocycles. The van der Waals surface area contributed by atoms with Gasteiger partial charge in [-0.1, -0.05) is 35.9 Å². The molecule has 3 aromatic carbocycles. The number of piperazine rings is 1. The predicted octanol–water partition coefficient (Wildman–Crippen LogP) is 3.10. The molecule has 2 N–H and O–H groups in total. The molecule has 1 saturated heterocycles. The van der Waals surface area contributed by atoms with E-state index in [9.17, 15) is 13.2 Å². The largest absolute Gasteiger partial charge is 0.336 e. The summed E-state index contributed by atoms with van der Waals surface area (Å²) in [7, 11) is -3.64. The fourth-order valence-corrected chi connectivity index (χ4v) is 5.29. The van der Waals surface area contributed by atoms with Gasteiger partial charge in [-0.15, -0.1) is 0 Å². The van der Waals surface area contributed by atoms with Gasteiger partial charge >= 0.3 is 0 Å². The summed E-state index contributed by atoms with van der Waals surface area (Å²) >= 11 is 6.01. The molecule has 6 nitrogen and oxygen atoms in total. The molecule has 1 amide bonds. The van der Waals surface area contributed by atoms with E-state index >= 15 is 0 Å². The van der Waals surface area contributed by atoms with Gasteiger partial charge in [-0.2, -0.15) is 4.31 Å². The van der Waals surface area contributed by atoms with E-state index in [1.807, 2.05) is 18.2 Å². The zero-order valence-electron chi connectivity index (χ0n) is 16.3. The van der Waals surface area contributed by atoms with E-state index in [0.717, 1.165) is 16.3 Å². The SMILES string of the molecule is NCc1cccc(C(=O)N2CCN(S(=O)(=O)c3ccc4cc(Cl)ccc4c3)CC2)c1. The van der Waals surface area contributed by atoms with Crippen molar-refractivity contribution in [1.29, 1.82) is 0 Å². The predicted molar refractivity (Wildman–Crippen MR) is 118 cm³/mol. The quantitative estimate of drug-likeness (QED) is 0.671. The molecule has 4 rings (SSSR count). The van der Waals surface area contributed by atoms with Crippen molar-refractivity contribution in [3.63, 3.8) is 0 Å². The van der Waals surface area contributed by atoms with Crippen LogP contribution in [0.25, 0.3) is 10.8 Å². The molecule has 1 heterocycles. The van der Waals surface area contributed by atoms with Crippen molar-refractivity contribution < 1.29 is 13.2 Å². The Balaban J connectivity index is 1.49. The minimum absolute atomic E-state index is 0.107. The Morgan fingerprint density at radius 2 is 1.63 bits per heavy atom. The van der Waals surface area contributed by atoms with E-state index in [1.165, 1.54) is 4.31 Å². The van der Waals surface area contributed by atoms with Gasteiger partial charge in [-0.05, 0) is 52.7 Å². The summed E-state index contributed by atoms with van der Waals surface area (Å²) in [5.74, 6) is -0.107. The molecule has 1 fully saturated rings. The van der Waals surface area contributed by atoms with Gasteiger partial charge in [0, 0.05) is 43.3 Å². The molecule has 156 valence electrons. The normalized spacial score (nSPS) is 15.5. The number of amides is 1. The number of sulfonamides is 1. The number of nitrogens with zero attached hydrogens (tertiary/aromatic N) is 2. The number of halogens is 1. The van der Waals surface area contributed by atoms with Crippen LogP contribution >= 0.6 is 11.6 Å². The van der Waals surface area contributed by atoms with Gasteiger partial charge in [0.2, 0.25) is 10.0 Å². The maximum atomic E-state index is 13.1. The highest BCUT2D eigenvalue weighted by molar-refractivity contribution is 7.89. The van der Waals surface area contributed by atoms with E-state index in [2.05, 4.69) is 0 Å². The van der Waals surface area contributed by atoms with E-state index in [0.29, 0.717) is 30.2 Å². The van der Waals surface area contributed by atoms with Gasteiger partial charge in [-0.25, -0.2) is 8.42 Å². The number of nitrogens with two attached hydrogens (primary N) is 1. The molecule has 0 atom stereocenters. The van der Waals surface area contributed by atoms with Crippen molar-refractivity contribution in [3.05, 3.63) is 76.8 Å². The molecule has 3 aromatic rings. The van der Waals surface area contributed by atoms with Gasteiger partial charge in [0.25, 0.3) is 5.91 Å². The van der Waals surface area contributed by atoms with Crippen LogP contribution in [0.4, 0.5) is 0 Å². The van der Waals surface area contributed by atoms with Crippen LogP contribution < -0.4 is 5.73 Å². The second kappa shape index (κ2) is 8.35. The first-order chi connectivity index (χ1) is 14.4. The fraction of sp³-hybridized carbons (Fsp3) is 0.227. The first-order valence-electron chi connectivity index (χ1n) is 9.66. The summed E-state index contributed by atoms with van der Waals surface area (Å²) < 4.78 is 27.7. The average molecular weight is 444 g/mol. The van der Waals surface area contributed by atoms with E-state index in [4.69, 9.17) is 17.3 Å². The van der Waals surface area contributed by atoms with Crippen LogP contribution in [0, 0.1) is 0 Å². The molecule has 8 heteroatoms. The van der Waals surface area contributed by atoms with Gasteiger partial charge in [0.1, 0.15) is 0 Å². The lowest BCUT2D eigenvalue weighted by molar-refractivity contribution is 0.0698. The van der Waals surface area contributed by atoms with Crippen molar-refractivity contribution >= 4 is 38.3 Å². The van der Waals surface area contributed by atoms with Crippen molar-refractivity contribution in [2.24, 2.45) is 5.73 Å². The molecule has 1 aliphatic rings. The molecule has 0 spiro atoms. The molecular weight excluding hydrogens is 422 g/mol. The van der Waals surface area contributed by atoms with E-state index < -0.39 is 10.0 Å². The highest BCUT2D eigenvalue weighted by Gasteiger charge is 2.30. The van der Waals surface area contributed by atoms with Crippen LogP contribution in [0.5, 0.6) is 0 Å². The number of benzene rings is 3. The lowest BCUT2D eigenvalue weighted by Gasteiger charge is -2.34. The Bertz CT molecular complexity index is 1210. The second-order valence-electron chi connectivity index (χ2n) is 7.25. The summed E-state index contributed by atoms with van der Waals surface area (Å²) in [6, 6.07) is 17.6. The Morgan fingerprint density at radius 1 is 0.933 bits per heavy atom. The molecule has 0 saturated carbocycles. The smallest absolute Gasteiger partial charge is 0.253 e. The molecular formula is C22H22ClN3O3S. The standard InChI is InChI=1S/C22H22ClN3O3S/c23-20-6-4-18-14-21(7-5-17(18)13-20)30(28,29)26-10-8-25(9-11-26)22(27)19-3-1-2-16(12-19)15-24/h1-7,12-14H,8-11,15,24H2. The lowest BCUT2D eigenvalue weighted by atomic mass is 10.1. The van der Waals surface area contributed by atoms with Crippen molar-refractivity contribution in [2.45, 2.75) is 11.4 Å². The minimum atomic E-state index is -3.64. The fourth-order valence-electron chi connectivity index (χ4n) is 3.65. The van der Waals surface area contributed by atoms with Crippen LogP contribution in [0.1, 0.15) is 15.9 Å². The summed E-state index contributed by atoms with van der Waals surface area (Å²) in [5.41, 5.74) is 7.12. The third-order valence-corrected chi connectivity index (χ3v) is 7.48. The van der Waals surface area contributed by atoms with Crippen LogP contribution in [-0.2, 0) is 16.6 Å². The van der Waals surface area contributed by atoms with Crippen LogP contribution in [0.15, 0.2) is 65.6 Å². The summed E-state index contributed by atoms with van der Waals surface area (Å²) in [4.78, 5) is 14.7. The zero-order valence-corrected chi connectivity index (χ0v) is 17.9. The Morgan fingerprint density at radius 3 is 2.37 bits per heavy atom. The molecule has 0 radical (unpaired) electrons. The average Bonchev–Trinajstić information content (AvgIpc) is 2.78. The topological polar surface area (TPSA) is 83.7 Å². The third kappa shape index (κ3) is 4.06. The first kappa shape index (κ1) is 20.8. The minimum Gasteiger partial charge on any atom is -0.336 e. The van der Waals surface area contributed by atoms with Crippen LogP contribution in [0.2, 0.25) is 5.02 Å².